The normalized spacial score (nSPS) is 29.6. The Hall–Kier alpha value is -0.860. The maximum absolute atomic E-state index is 8.05. The minimum absolute atomic E-state index is 0.420. The van der Waals surface area contributed by atoms with E-state index in [-0.39, 0.29) is 0 Å². The van der Waals surface area contributed by atoms with Gasteiger partial charge < -0.3 is 10.4 Å². The number of hydrazone groups is 1. The Morgan fingerprint density at radius 2 is 1.79 bits per heavy atom. The molecular formula is C21H41N3. The first-order chi connectivity index (χ1) is 11.1. The predicted octanol–water partition coefficient (Wildman–Crippen LogP) is 5.70. The fourth-order valence-electron chi connectivity index (χ4n) is 4.65. The highest BCUT2D eigenvalue weighted by Gasteiger charge is 2.37. The lowest BCUT2D eigenvalue weighted by molar-refractivity contribution is 0.161. The van der Waals surface area contributed by atoms with Crippen molar-refractivity contribution in [3.63, 3.8) is 0 Å². The van der Waals surface area contributed by atoms with Gasteiger partial charge in [-0.2, -0.15) is 5.10 Å². The topological polar surface area (TPSA) is 39.5 Å². The highest BCUT2D eigenvalue weighted by atomic mass is 15.4. The van der Waals surface area contributed by atoms with Crippen molar-refractivity contribution < 1.29 is 0 Å². The zero-order valence-electron chi connectivity index (χ0n) is 17.4. The van der Waals surface area contributed by atoms with E-state index < -0.39 is 0 Å². The minimum atomic E-state index is 0.420. The maximum Gasteiger partial charge on any atom is 0.0448 e. The second-order valence-electron chi connectivity index (χ2n) is 8.88. The molecule has 1 N–H and O–H groups in total. The van der Waals surface area contributed by atoms with Gasteiger partial charge in [0.15, 0.2) is 0 Å². The fourth-order valence-corrected chi connectivity index (χ4v) is 4.65. The van der Waals surface area contributed by atoms with Crippen LogP contribution in [-0.4, -0.2) is 30.5 Å². The third-order valence-electron chi connectivity index (χ3n) is 5.74. The number of nitrogens with one attached hydrogen (secondary N) is 1. The van der Waals surface area contributed by atoms with Crippen LogP contribution in [0.2, 0.25) is 0 Å². The lowest BCUT2D eigenvalue weighted by atomic mass is 9.65. The van der Waals surface area contributed by atoms with Crippen LogP contribution in [0.5, 0.6) is 0 Å². The van der Waals surface area contributed by atoms with E-state index in [9.17, 15) is 0 Å². The van der Waals surface area contributed by atoms with Gasteiger partial charge in [-0.3, -0.25) is 0 Å². The van der Waals surface area contributed by atoms with Gasteiger partial charge in [0.2, 0.25) is 0 Å². The van der Waals surface area contributed by atoms with Crippen molar-refractivity contribution in [3.8, 4) is 0 Å². The molecule has 0 radical (unpaired) electrons. The molecule has 0 saturated heterocycles. The summed E-state index contributed by atoms with van der Waals surface area (Å²) in [7, 11) is 4.08. The van der Waals surface area contributed by atoms with Crippen molar-refractivity contribution in [3.05, 3.63) is 0 Å². The summed E-state index contributed by atoms with van der Waals surface area (Å²) in [6, 6.07) is 0. The van der Waals surface area contributed by atoms with Crippen molar-refractivity contribution in [1.82, 2.24) is 5.01 Å². The van der Waals surface area contributed by atoms with E-state index in [0.717, 1.165) is 30.4 Å². The van der Waals surface area contributed by atoms with E-state index in [1.54, 1.807) is 0 Å². The SMILES string of the molecule is CCC1CC(/C(=N\N(C)C)C(CC(C)=N)CC(C)C)C(C)CC1C. The van der Waals surface area contributed by atoms with Crippen molar-refractivity contribution in [2.24, 2.45) is 40.6 Å². The molecule has 1 rings (SSSR count). The first-order valence-corrected chi connectivity index (χ1v) is 9.95. The van der Waals surface area contributed by atoms with Crippen LogP contribution in [0.4, 0.5) is 0 Å². The van der Waals surface area contributed by atoms with Crippen LogP contribution in [-0.2, 0) is 0 Å². The second-order valence-corrected chi connectivity index (χ2v) is 8.88. The summed E-state index contributed by atoms with van der Waals surface area (Å²) in [6.45, 7) is 13.7. The Labute approximate surface area is 150 Å². The Bertz CT molecular complexity index is 425. The molecule has 140 valence electrons. The molecule has 0 aromatic carbocycles. The zero-order valence-corrected chi connectivity index (χ0v) is 17.4. The number of hydrogen-bond acceptors (Lipinski definition) is 3. The van der Waals surface area contributed by atoms with Crippen molar-refractivity contribution in [2.45, 2.75) is 73.6 Å². The lowest BCUT2D eigenvalue weighted by Gasteiger charge is -2.41. The van der Waals surface area contributed by atoms with Crippen LogP contribution in [0, 0.1) is 40.9 Å². The van der Waals surface area contributed by atoms with Crippen LogP contribution >= 0.6 is 0 Å². The zero-order chi connectivity index (χ0) is 18.4. The molecule has 3 nitrogen and oxygen atoms in total. The summed E-state index contributed by atoms with van der Waals surface area (Å²) in [4.78, 5) is 0. The first-order valence-electron chi connectivity index (χ1n) is 9.95. The van der Waals surface area contributed by atoms with Crippen molar-refractivity contribution in [2.75, 3.05) is 14.1 Å². The van der Waals surface area contributed by atoms with Gasteiger partial charge in [0, 0.05) is 37.4 Å². The molecule has 0 aromatic heterocycles. The quantitative estimate of drug-likeness (QED) is 0.448. The second kappa shape index (κ2) is 9.58. The molecule has 3 heteroatoms. The molecule has 0 aromatic rings. The summed E-state index contributed by atoms with van der Waals surface area (Å²) >= 11 is 0. The van der Waals surface area contributed by atoms with Crippen LogP contribution in [0.15, 0.2) is 5.10 Å². The molecule has 0 amide bonds. The van der Waals surface area contributed by atoms with E-state index in [0.29, 0.717) is 23.7 Å². The van der Waals surface area contributed by atoms with Crippen molar-refractivity contribution in [1.29, 1.82) is 5.41 Å². The Balaban J connectivity index is 3.15. The number of rotatable bonds is 8. The minimum Gasteiger partial charge on any atom is -0.310 e. The predicted molar refractivity (Wildman–Crippen MR) is 107 cm³/mol. The molecule has 5 atom stereocenters. The maximum atomic E-state index is 8.05. The van der Waals surface area contributed by atoms with Gasteiger partial charge in [0.1, 0.15) is 0 Å². The van der Waals surface area contributed by atoms with E-state index in [4.69, 9.17) is 10.5 Å². The van der Waals surface area contributed by atoms with Gasteiger partial charge in [-0.25, -0.2) is 0 Å². The van der Waals surface area contributed by atoms with E-state index in [1.165, 1.54) is 25.0 Å². The molecule has 5 unspecified atom stereocenters. The summed E-state index contributed by atoms with van der Waals surface area (Å²) in [5.41, 5.74) is 2.16. The van der Waals surface area contributed by atoms with Crippen LogP contribution in [0.1, 0.15) is 73.6 Å². The molecule has 0 aliphatic heterocycles. The third-order valence-corrected chi connectivity index (χ3v) is 5.74. The van der Waals surface area contributed by atoms with Crippen LogP contribution < -0.4 is 0 Å². The third kappa shape index (κ3) is 6.22. The molecule has 1 aliphatic rings. The fraction of sp³-hybridized carbons (Fsp3) is 0.905. The molecule has 0 bridgehead atoms. The summed E-state index contributed by atoms with van der Waals surface area (Å²) in [5, 5.41) is 15.0. The monoisotopic (exact) mass is 335 g/mol. The lowest BCUT2D eigenvalue weighted by Crippen LogP contribution is -2.38. The molecule has 1 fully saturated rings. The van der Waals surface area contributed by atoms with Gasteiger partial charge in [-0.1, -0.05) is 41.0 Å². The Morgan fingerprint density at radius 3 is 2.25 bits per heavy atom. The Morgan fingerprint density at radius 1 is 1.17 bits per heavy atom. The summed E-state index contributed by atoms with van der Waals surface area (Å²) in [6.07, 6.45) is 5.86. The summed E-state index contributed by atoms with van der Waals surface area (Å²) < 4.78 is 0. The van der Waals surface area contributed by atoms with E-state index >= 15 is 0 Å². The smallest absolute Gasteiger partial charge is 0.0448 e. The highest BCUT2D eigenvalue weighted by molar-refractivity contribution is 5.93. The average molecular weight is 336 g/mol. The largest absolute Gasteiger partial charge is 0.310 e. The van der Waals surface area contributed by atoms with Gasteiger partial charge in [0.05, 0.1) is 0 Å². The first kappa shape index (κ1) is 21.2. The van der Waals surface area contributed by atoms with Crippen LogP contribution in [0.25, 0.3) is 0 Å². The number of nitrogens with zero attached hydrogens (tertiary/aromatic N) is 2. The average Bonchev–Trinajstić information content (AvgIpc) is 2.43. The van der Waals surface area contributed by atoms with Crippen LogP contribution in [0.3, 0.4) is 0 Å². The van der Waals surface area contributed by atoms with E-state index in [2.05, 4.69) is 34.6 Å². The molecule has 0 heterocycles. The molecule has 1 saturated carbocycles. The molecule has 0 spiro atoms. The highest BCUT2D eigenvalue weighted by Crippen LogP contribution is 2.42. The molecule has 24 heavy (non-hydrogen) atoms. The van der Waals surface area contributed by atoms with Gasteiger partial charge in [-0.05, 0) is 56.3 Å². The Kier molecular flexibility index (Phi) is 8.45. The van der Waals surface area contributed by atoms with Gasteiger partial charge in [0.25, 0.3) is 0 Å². The number of hydrogen-bond donors (Lipinski definition) is 1. The van der Waals surface area contributed by atoms with E-state index in [1.807, 2.05) is 26.0 Å². The standard InChI is InChI=1S/C21H41N3/c1-9-18-13-20(16(5)11-15(18)4)21(23-24(7)8)19(10-14(2)3)12-17(6)22/h14-16,18-20,22H,9-13H2,1-8H3/b22-17?,23-21-. The molecule has 1 aliphatic carbocycles. The van der Waals surface area contributed by atoms with Crippen molar-refractivity contribution >= 4 is 11.4 Å². The summed E-state index contributed by atoms with van der Waals surface area (Å²) in [5.74, 6) is 3.98. The van der Waals surface area contributed by atoms with Gasteiger partial charge in [-0.15, -0.1) is 0 Å². The molecular weight excluding hydrogens is 294 g/mol. The van der Waals surface area contributed by atoms with Gasteiger partial charge >= 0.3 is 0 Å².